The van der Waals surface area contributed by atoms with Crippen molar-refractivity contribution in [2.75, 3.05) is 0 Å². The van der Waals surface area contributed by atoms with E-state index in [1.54, 1.807) is 6.07 Å². The fourth-order valence-corrected chi connectivity index (χ4v) is 1.43. The van der Waals surface area contributed by atoms with Gasteiger partial charge in [-0.3, -0.25) is 0 Å². The Kier molecular flexibility index (Phi) is 2.68. The zero-order valence-electron chi connectivity index (χ0n) is 8.11. The summed E-state index contributed by atoms with van der Waals surface area (Å²) in [5.41, 5.74) is 0. The maximum Gasteiger partial charge on any atom is 0.341 e. The van der Waals surface area contributed by atoms with Crippen molar-refractivity contribution in [3.63, 3.8) is 0 Å². The average Bonchev–Trinajstić information content (AvgIpc) is 2.29. The molecular formula is C13H10FO. The highest BCUT2D eigenvalue weighted by molar-refractivity contribution is 5.88. The minimum atomic E-state index is -0.689. The van der Waals surface area contributed by atoms with Gasteiger partial charge in [0.2, 0.25) is 0 Å². The largest absolute Gasteiger partial charge is 0.448 e. The molecule has 0 aromatic heterocycles. The van der Waals surface area contributed by atoms with E-state index in [1.165, 1.54) is 0 Å². The summed E-state index contributed by atoms with van der Waals surface area (Å²) in [6, 6.07) is 13.2. The van der Waals surface area contributed by atoms with Gasteiger partial charge in [0.05, 0.1) is 0 Å². The second-order valence-corrected chi connectivity index (χ2v) is 3.09. The summed E-state index contributed by atoms with van der Waals surface area (Å²) in [6.45, 7) is 3.30. The molecule has 2 aromatic rings. The summed E-state index contributed by atoms with van der Waals surface area (Å²) >= 11 is 0. The van der Waals surface area contributed by atoms with Crippen molar-refractivity contribution in [1.82, 2.24) is 0 Å². The summed E-state index contributed by atoms with van der Waals surface area (Å²) in [4.78, 5) is 0. The van der Waals surface area contributed by atoms with Crippen LogP contribution >= 0.6 is 0 Å². The Bertz CT molecular complexity index is 473. The lowest BCUT2D eigenvalue weighted by Gasteiger charge is -2.08. The highest BCUT2D eigenvalue weighted by Gasteiger charge is 2.07. The van der Waals surface area contributed by atoms with Crippen LogP contribution in [0.15, 0.2) is 55.1 Å². The van der Waals surface area contributed by atoms with Crippen LogP contribution in [-0.4, -0.2) is 0 Å². The molecule has 0 atom stereocenters. The van der Waals surface area contributed by atoms with E-state index in [9.17, 15) is 4.39 Å². The lowest BCUT2D eigenvalue weighted by atomic mass is 10.1. The second-order valence-electron chi connectivity index (χ2n) is 3.09. The molecule has 0 bridgehead atoms. The zero-order valence-corrected chi connectivity index (χ0v) is 8.11. The van der Waals surface area contributed by atoms with E-state index in [0.29, 0.717) is 5.75 Å². The van der Waals surface area contributed by atoms with Gasteiger partial charge in [-0.2, -0.15) is 4.39 Å². The molecule has 1 nitrogen and oxygen atoms in total. The number of hydrogen-bond acceptors (Lipinski definition) is 1. The molecule has 0 saturated heterocycles. The topological polar surface area (TPSA) is 9.23 Å². The predicted octanol–water partition coefficient (Wildman–Crippen LogP) is 3.86. The first kappa shape index (κ1) is 9.71. The SMILES string of the molecule is C=C[C](F)Oc1cccc2ccccc12. The molecule has 0 N–H and O–H groups in total. The predicted molar refractivity (Wildman–Crippen MR) is 59.1 cm³/mol. The summed E-state index contributed by atoms with van der Waals surface area (Å²) < 4.78 is 17.9. The van der Waals surface area contributed by atoms with Gasteiger partial charge in [-0.05, 0) is 17.5 Å². The van der Waals surface area contributed by atoms with Crippen LogP contribution in [0.4, 0.5) is 4.39 Å². The molecule has 0 spiro atoms. The smallest absolute Gasteiger partial charge is 0.341 e. The van der Waals surface area contributed by atoms with Crippen LogP contribution in [0.2, 0.25) is 0 Å². The number of rotatable bonds is 3. The van der Waals surface area contributed by atoms with E-state index in [2.05, 4.69) is 6.58 Å². The Balaban J connectivity index is 2.46. The molecule has 0 aliphatic carbocycles. The summed E-state index contributed by atoms with van der Waals surface area (Å²) in [7, 11) is 0. The van der Waals surface area contributed by atoms with Gasteiger partial charge >= 0.3 is 6.36 Å². The van der Waals surface area contributed by atoms with Crippen molar-refractivity contribution in [3.05, 3.63) is 61.5 Å². The molecule has 2 rings (SSSR count). The van der Waals surface area contributed by atoms with E-state index in [0.717, 1.165) is 16.8 Å². The molecule has 0 saturated carbocycles. The Labute approximate surface area is 87.8 Å². The summed E-state index contributed by atoms with van der Waals surface area (Å²) in [6.07, 6.45) is 0.355. The number of hydrogen-bond donors (Lipinski definition) is 0. The minimum Gasteiger partial charge on any atom is -0.448 e. The number of halogens is 1. The van der Waals surface area contributed by atoms with Gasteiger partial charge in [-0.15, -0.1) is 0 Å². The van der Waals surface area contributed by atoms with Crippen LogP contribution in [-0.2, 0) is 0 Å². The van der Waals surface area contributed by atoms with E-state index >= 15 is 0 Å². The molecule has 1 radical (unpaired) electrons. The Morgan fingerprint density at radius 1 is 1.13 bits per heavy atom. The molecule has 0 amide bonds. The molecule has 15 heavy (non-hydrogen) atoms. The number of benzene rings is 2. The molecule has 0 aliphatic rings. The molecule has 0 fully saturated rings. The fraction of sp³-hybridized carbons (Fsp3) is 0. The third-order valence-corrected chi connectivity index (χ3v) is 2.12. The van der Waals surface area contributed by atoms with Gasteiger partial charge in [-0.1, -0.05) is 43.0 Å². The number of ether oxygens (including phenoxy) is 1. The van der Waals surface area contributed by atoms with Gasteiger partial charge in [-0.25, -0.2) is 0 Å². The molecule has 2 heteroatoms. The summed E-state index contributed by atoms with van der Waals surface area (Å²) in [5, 5.41) is 1.91. The second kappa shape index (κ2) is 4.13. The van der Waals surface area contributed by atoms with Crippen LogP contribution in [0.1, 0.15) is 0 Å². The molecule has 0 unspecified atom stereocenters. The molecule has 2 aromatic carbocycles. The van der Waals surface area contributed by atoms with Crippen LogP contribution in [0.25, 0.3) is 10.8 Å². The Hall–Kier alpha value is -1.83. The lowest BCUT2D eigenvalue weighted by molar-refractivity contribution is 0.230. The first-order valence-corrected chi connectivity index (χ1v) is 4.62. The molecule has 0 aliphatic heterocycles. The lowest BCUT2D eigenvalue weighted by Crippen LogP contribution is -1.96. The van der Waals surface area contributed by atoms with E-state index in [-0.39, 0.29) is 0 Å². The fourth-order valence-electron chi connectivity index (χ4n) is 1.43. The first-order chi connectivity index (χ1) is 7.31. The standard InChI is InChI=1S/C13H10FO/c1-2-13(14)15-12-9-5-7-10-6-3-4-8-11(10)12/h2-9H,1H2. The van der Waals surface area contributed by atoms with Gasteiger partial charge in [0.1, 0.15) is 5.75 Å². The Morgan fingerprint density at radius 3 is 2.67 bits per heavy atom. The quantitative estimate of drug-likeness (QED) is 0.732. The highest BCUT2D eigenvalue weighted by Crippen LogP contribution is 2.27. The van der Waals surface area contributed by atoms with Gasteiger partial charge in [0.25, 0.3) is 0 Å². The van der Waals surface area contributed by atoms with Crippen molar-refractivity contribution < 1.29 is 9.13 Å². The van der Waals surface area contributed by atoms with Crippen molar-refractivity contribution in [2.24, 2.45) is 0 Å². The van der Waals surface area contributed by atoms with Gasteiger partial charge in [0, 0.05) is 5.39 Å². The molecule has 75 valence electrons. The maximum atomic E-state index is 12.9. The van der Waals surface area contributed by atoms with Crippen molar-refractivity contribution >= 4 is 10.8 Å². The van der Waals surface area contributed by atoms with E-state index < -0.39 is 6.36 Å². The zero-order chi connectivity index (χ0) is 10.7. The maximum absolute atomic E-state index is 12.9. The van der Waals surface area contributed by atoms with Crippen molar-refractivity contribution in [1.29, 1.82) is 0 Å². The van der Waals surface area contributed by atoms with Crippen LogP contribution in [0, 0.1) is 6.36 Å². The van der Waals surface area contributed by atoms with Crippen LogP contribution < -0.4 is 4.74 Å². The van der Waals surface area contributed by atoms with Crippen molar-refractivity contribution in [3.8, 4) is 5.75 Å². The normalized spacial score (nSPS) is 10.5. The number of fused-ring (bicyclic) bond motifs is 1. The van der Waals surface area contributed by atoms with Gasteiger partial charge in [0.15, 0.2) is 0 Å². The van der Waals surface area contributed by atoms with Crippen LogP contribution in [0.5, 0.6) is 5.75 Å². The highest BCUT2D eigenvalue weighted by atomic mass is 19.1. The molecular weight excluding hydrogens is 191 g/mol. The average molecular weight is 201 g/mol. The van der Waals surface area contributed by atoms with E-state index in [1.807, 2.05) is 36.4 Å². The minimum absolute atomic E-state index is 0.505. The molecule has 0 heterocycles. The monoisotopic (exact) mass is 201 g/mol. The van der Waals surface area contributed by atoms with Crippen molar-refractivity contribution in [2.45, 2.75) is 0 Å². The Morgan fingerprint density at radius 2 is 1.87 bits per heavy atom. The van der Waals surface area contributed by atoms with E-state index in [4.69, 9.17) is 4.74 Å². The first-order valence-electron chi connectivity index (χ1n) is 4.62. The third-order valence-electron chi connectivity index (χ3n) is 2.12. The third kappa shape index (κ3) is 1.99. The van der Waals surface area contributed by atoms with Crippen LogP contribution in [0.3, 0.4) is 0 Å². The summed E-state index contributed by atoms with van der Waals surface area (Å²) in [5.74, 6) is 0.505. The van der Waals surface area contributed by atoms with Gasteiger partial charge < -0.3 is 4.74 Å².